The predicted molar refractivity (Wildman–Crippen MR) is 158 cm³/mol. The van der Waals surface area contributed by atoms with Crippen molar-refractivity contribution in [3.05, 3.63) is 72.7 Å². The molecule has 5 saturated carbocycles. The number of anilines is 1. The summed E-state index contributed by atoms with van der Waals surface area (Å²) in [6.07, 6.45) is 14.6. The van der Waals surface area contributed by atoms with E-state index in [1.807, 2.05) is 30.3 Å². The molecule has 0 spiro atoms. The van der Waals surface area contributed by atoms with Gasteiger partial charge >= 0.3 is 0 Å². The summed E-state index contributed by atoms with van der Waals surface area (Å²) in [6, 6.07) is 19.2. The van der Waals surface area contributed by atoms with E-state index in [4.69, 9.17) is 21.2 Å². The summed E-state index contributed by atoms with van der Waals surface area (Å²) in [5.74, 6) is 4.78. The van der Waals surface area contributed by atoms with Crippen molar-refractivity contribution in [2.75, 3.05) is 5.73 Å². The lowest BCUT2D eigenvalue weighted by Gasteiger charge is -2.61. The minimum atomic E-state index is 0.330. The van der Waals surface area contributed by atoms with Crippen molar-refractivity contribution < 1.29 is 4.74 Å². The molecule has 5 fully saturated rings. The molecule has 0 radical (unpaired) electrons. The van der Waals surface area contributed by atoms with Crippen LogP contribution in [0.4, 0.5) is 5.82 Å². The number of nitrogens with zero attached hydrogens (tertiary/aromatic N) is 3. The first-order chi connectivity index (χ1) is 19.5. The zero-order valence-electron chi connectivity index (χ0n) is 23.1. The standard InChI is InChI=1S/C34H39N5O/c35-31(34-15-22-9-23(16-34)11-24(10-22)17-34)26-12-27(13-26)39-18-29(30-32(36)37-20-38-33(30)39)25-7-4-8-28(14-25)40-19-21-5-2-1-3-6-21/h1-8,14,18,20,22-24,26-27,31H,9-13,15-17,19,35H2,(H2,36,37,38). The first-order valence-corrected chi connectivity index (χ1v) is 15.2. The molecular weight excluding hydrogens is 494 g/mol. The van der Waals surface area contributed by atoms with Gasteiger partial charge in [0.15, 0.2) is 0 Å². The Balaban J connectivity index is 1.04. The number of nitrogen functional groups attached to an aromatic ring is 1. The highest BCUT2D eigenvalue weighted by molar-refractivity contribution is 6.00. The molecule has 4 aromatic rings. The van der Waals surface area contributed by atoms with Crippen LogP contribution in [0.25, 0.3) is 22.2 Å². The number of ether oxygens (including phenoxy) is 1. The SMILES string of the molecule is Nc1ncnc2c1c(-c1cccc(OCc3ccccc3)c1)cn2C1CC(C(N)C23CC4CC(CC(C4)C2)C3)C1. The molecule has 2 aromatic heterocycles. The third kappa shape index (κ3) is 4.02. The molecular formula is C34H39N5O. The molecule has 0 aliphatic heterocycles. The molecule has 5 aliphatic carbocycles. The van der Waals surface area contributed by atoms with Crippen molar-refractivity contribution in [2.24, 2.45) is 34.8 Å². The molecule has 4 N–H and O–H groups in total. The average Bonchev–Trinajstić information content (AvgIpc) is 3.32. The molecule has 2 aromatic carbocycles. The maximum atomic E-state index is 7.17. The smallest absolute Gasteiger partial charge is 0.146 e. The second-order valence-electron chi connectivity index (χ2n) is 13.4. The van der Waals surface area contributed by atoms with Crippen molar-refractivity contribution in [3.63, 3.8) is 0 Å². The zero-order valence-corrected chi connectivity index (χ0v) is 23.1. The summed E-state index contributed by atoms with van der Waals surface area (Å²) < 4.78 is 8.49. The molecule has 2 heterocycles. The maximum Gasteiger partial charge on any atom is 0.146 e. The van der Waals surface area contributed by atoms with E-state index in [1.54, 1.807) is 6.33 Å². The summed E-state index contributed by atoms with van der Waals surface area (Å²) >= 11 is 0. The number of rotatable bonds is 7. The fraction of sp³-hybridized carbons (Fsp3) is 0.471. The van der Waals surface area contributed by atoms with Crippen molar-refractivity contribution in [2.45, 2.75) is 70.1 Å². The van der Waals surface area contributed by atoms with Crippen LogP contribution in [0.5, 0.6) is 5.75 Å². The van der Waals surface area contributed by atoms with Crippen LogP contribution in [-0.2, 0) is 6.61 Å². The lowest BCUT2D eigenvalue weighted by Crippen LogP contribution is -2.58. The number of hydrogen-bond donors (Lipinski definition) is 2. The molecule has 1 unspecified atom stereocenters. The first-order valence-electron chi connectivity index (χ1n) is 15.2. The molecule has 6 heteroatoms. The van der Waals surface area contributed by atoms with Crippen molar-refractivity contribution in [1.82, 2.24) is 14.5 Å². The van der Waals surface area contributed by atoms with Crippen molar-refractivity contribution >= 4 is 16.9 Å². The third-order valence-corrected chi connectivity index (χ3v) is 10.9. The van der Waals surface area contributed by atoms with Crippen molar-refractivity contribution in [3.8, 4) is 16.9 Å². The Hall–Kier alpha value is -3.38. The van der Waals surface area contributed by atoms with Gasteiger partial charge in [0, 0.05) is 23.8 Å². The summed E-state index contributed by atoms with van der Waals surface area (Å²) in [6.45, 7) is 0.532. The maximum absolute atomic E-state index is 7.17. The highest BCUT2D eigenvalue weighted by Gasteiger charge is 2.56. The number of aromatic nitrogens is 3. The van der Waals surface area contributed by atoms with Gasteiger partial charge in [-0.1, -0.05) is 42.5 Å². The quantitative estimate of drug-likeness (QED) is 0.274. The highest BCUT2D eigenvalue weighted by atomic mass is 16.5. The summed E-state index contributed by atoms with van der Waals surface area (Å²) in [7, 11) is 0. The largest absolute Gasteiger partial charge is 0.489 e. The lowest BCUT2D eigenvalue weighted by atomic mass is 9.46. The molecule has 4 bridgehead atoms. The van der Waals surface area contributed by atoms with Crippen LogP contribution in [0.3, 0.4) is 0 Å². The second kappa shape index (κ2) is 9.34. The predicted octanol–water partition coefficient (Wildman–Crippen LogP) is 6.75. The van der Waals surface area contributed by atoms with Gasteiger partial charge in [-0.15, -0.1) is 0 Å². The molecule has 9 rings (SSSR count). The van der Waals surface area contributed by atoms with E-state index in [-0.39, 0.29) is 0 Å². The fourth-order valence-electron chi connectivity index (χ4n) is 9.34. The van der Waals surface area contributed by atoms with Gasteiger partial charge in [-0.3, -0.25) is 0 Å². The Morgan fingerprint density at radius 1 is 0.900 bits per heavy atom. The number of fused-ring (bicyclic) bond motifs is 1. The second-order valence-corrected chi connectivity index (χ2v) is 13.4. The summed E-state index contributed by atoms with van der Waals surface area (Å²) in [5, 5.41) is 0.927. The Morgan fingerprint density at radius 2 is 1.62 bits per heavy atom. The van der Waals surface area contributed by atoms with Gasteiger partial charge in [-0.2, -0.15) is 0 Å². The van der Waals surface area contributed by atoms with Gasteiger partial charge in [-0.05, 0) is 104 Å². The van der Waals surface area contributed by atoms with Crippen LogP contribution in [0.15, 0.2) is 67.1 Å². The Morgan fingerprint density at radius 3 is 2.35 bits per heavy atom. The van der Waals surface area contributed by atoms with Gasteiger partial charge in [-0.25, -0.2) is 9.97 Å². The average molecular weight is 534 g/mol. The summed E-state index contributed by atoms with van der Waals surface area (Å²) in [4.78, 5) is 9.08. The molecule has 206 valence electrons. The van der Waals surface area contributed by atoms with Crippen LogP contribution in [-0.4, -0.2) is 20.6 Å². The van der Waals surface area contributed by atoms with Crippen LogP contribution in [0, 0.1) is 29.1 Å². The Kier molecular flexibility index (Phi) is 5.70. The van der Waals surface area contributed by atoms with E-state index in [2.05, 4.69) is 40.0 Å². The topological polar surface area (TPSA) is 92.0 Å². The Labute approximate surface area is 236 Å². The minimum Gasteiger partial charge on any atom is -0.489 e. The van der Waals surface area contributed by atoms with Crippen LogP contribution < -0.4 is 16.2 Å². The van der Waals surface area contributed by atoms with Crippen molar-refractivity contribution in [1.29, 1.82) is 0 Å². The van der Waals surface area contributed by atoms with E-state index in [0.29, 0.717) is 35.8 Å². The van der Waals surface area contributed by atoms with Gasteiger partial charge in [0.2, 0.25) is 0 Å². The number of hydrogen-bond acceptors (Lipinski definition) is 5. The van der Waals surface area contributed by atoms with Crippen LogP contribution in [0.1, 0.15) is 63.0 Å². The monoisotopic (exact) mass is 533 g/mol. The number of nitrogens with two attached hydrogens (primary N) is 2. The normalized spacial score (nSPS) is 31.3. The van der Waals surface area contributed by atoms with E-state index < -0.39 is 0 Å². The molecule has 1 atom stereocenters. The first kappa shape index (κ1) is 24.4. The van der Waals surface area contributed by atoms with Crippen LogP contribution >= 0.6 is 0 Å². The van der Waals surface area contributed by atoms with Gasteiger partial charge in [0.25, 0.3) is 0 Å². The van der Waals surface area contributed by atoms with E-state index in [9.17, 15) is 0 Å². The van der Waals surface area contributed by atoms with Crippen LogP contribution in [0.2, 0.25) is 0 Å². The Bertz CT molecular complexity index is 1500. The molecule has 6 nitrogen and oxygen atoms in total. The number of benzene rings is 2. The zero-order chi connectivity index (χ0) is 26.8. The van der Waals surface area contributed by atoms with Gasteiger partial charge in [0.1, 0.15) is 30.1 Å². The fourth-order valence-corrected chi connectivity index (χ4v) is 9.34. The highest BCUT2D eigenvalue weighted by Crippen LogP contribution is 2.63. The minimum absolute atomic E-state index is 0.330. The molecule has 0 saturated heterocycles. The third-order valence-electron chi connectivity index (χ3n) is 10.9. The van der Waals surface area contributed by atoms with Gasteiger partial charge in [0.05, 0.1) is 5.39 Å². The molecule has 40 heavy (non-hydrogen) atoms. The van der Waals surface area contributed by atoms with E-state index >= 15 is 0 Å². The molecule has 5 aliphatic rings. The van der Waals surface area contributed by atoms with E-state index in [1.165, 1.54) is 38.5 Å². The lowest BCUT2D eigenvalue weighted by molar-refractivity contribution is -0.0872. The van der Waals surface area contributed by atoms with E-state index in [0.717, 1.165) is 64.1 Å². The molecule has 0 amide bonds. The summed E-state index contributed by atoms with van der Waals surface area (Å²) in [5.41, 5.74) is 18.2. The van der Waals surface area contributed by atoms with Gasteiger partial charge < -0.3 is 20.8 Å².